The summed E-state index contributed by atoms with van der Waals surface area (Å²) in [6.45, 7) is 4.71. The van der Waals surface area contributed by atoms with Crippen LogP contribution in [0.25, 0.3) is 0 Å². The Bertz CT molecular complexity index is 760. The van der Waals surface area contributed by atoms with Crippen molar-refractivity contribution in [1.29, 1.82) is 0 Å². The fourth-order valence-electron chi connectivity index (χ4n) is 3.43. The first-order valence-electron chi connectivity index (χ1n) is 8.67. The number of nitrogens with two attached hydrogens (primary N) is 1. The molecule has 0 saturated carbocycles. The molecule has 0 aliphatic carbocycles. The summed E-state index contributed by atoms with van der Waals surface area (Å²) in [6.07, 6.45) is 2.12. The predicted molar refractivity (Wildman–Crippen MR) is 93.9 cm³/mol. The van der Waals surface area contributed by atoms with Crippen LogP contribution in [0.2, 0.25) is 0 Å². The zero-order valence-electron chi connectivity index (χ0n) is 14.1. The van der Waals surface area contributed by atoms with Crippen molar-refractivity contribution in [3.05, 3.63) is 41.7 Å². The van der Waals surface area contributed by atoms with Gasteiger partial charge in [0.05, 0.1) is 0 Å². The summed E-state index contributed by atoms with van der Waals surface area (Å²) < 4.78 is 15.2. The lowest BCUT2D eigenvalue weighted by atomic mass is 10.2. The molecular weight excluding hydrogens is 321 g/mol. The fraction of sp³-hybridized carbons (Fsp3) is 0.471. The van der Waals surface area contributed by atoms with Crippen molar-refractivity contribution in [3.8, 4) is 0 Å². The van der Waals surface area contributed by atoms with E-state index in [-0.39, 0.29) is 5.82 Å². The predicted octanol–water partition coefficient (Wildman–Crippen LogP) is 1.00. The summed E-state index contributed by atoms with van der Waals surface area (Å²) in [5.41, 5.74) is 7.20. The van der Waals surface area contributed by atoms with Crippen molar-refractivity contribution in [3.63, 3.8) is 0 Å². The third kappa shape index (κ3) is 3.29. The molecule has 7 nitrogen and oxygen atoms in total. The Hall–Kier alpha value is -2.64. The highest BCUT2D eigenvalue weighted by Gasteiger charge is 2.20. The molecule has 2 aromatic rings. The van der Waals surface area contributed by atoms with Gasteiger partial charge >= 0.3 is 0 Å². The average molecular weight is 343 g/mol. The quantitative estimate of drug-likeness (QED) is 0.665. The van der Waals surface area contributed by atoms with E-state index in [4.69, 9.17) is 5.73 Å². The van der Waals surface area contributed by atoms with Crippen LogP contribution >= 0.6 is 0 Å². The van der Waals surface area contributed by atoms with Gasteiger partial charge in [-0.05, 0) is 30.7 Å². The zero-order valence-corrected chi connectivity index (χ0v) is 14.1. The Morgan fingerprint density at radius 2 is 1.84 bits per heavy atom. The number of piperazine rings is 1. The van der Waals surface area contributed by atoms with Crippen molar-refractivity contribution in [1.82, 2.24) is 19.7 Å². The van der Waals surface area contributed by atoms with Gasteiger partial charge in [0, 0.05) is 44.8 Å². The molecule has 1 aromatic carbocycles. The van der Waals surface area contributed by atoms with Gasteiger partial charge < -0.3 is 20.1 Å². The van der Waals surface area contributed by atoms with E-state index in [1.54, 1.807) is 0 Å². The number of aromatic nitrogens is 3. The molecule has 132 valence electrons. The Labute approximate surface area is 146 Å². The molecule has 1 fully saturated rings. The molecule has 1 aromatic heterocycles. The van der Waals surface area contributed by atoms with Gasteiger partial charge in [-0.1, -0.05) is 0 Å². The summed E-state index contributed by atoms with van der Waals surface area (Å²) in [5.74, 6) is 2.28. The number of guanidine groups is 1. The second-order valence-corrected chi connectivity index (χ2v) is 6.41. The smallest absolute Gasteiger partial charge is 0.191 e. The Kier molecular flexibility index (Phi) is 4.25. The van der Waals surface area contributed by atoms with Crippen LogP contribution in [0.15, 0.2) is 29.3 Å². The van der Waals surface area contributed by atoms with Gasteiger partial charge in [-0.3, -0.25) is 0 Å². The van der Waals surface area contributed by atoms with Gasteiger partial charge in [0.1, 0.15) is 18.2 Å². The lowest BCUT2D eigenvalue weighted by Gasteiger charge is -2.36. The average Bonchev–Trinajstić information content (AvgIpc) is 3.25. The van der Waals surface area contributed by atoms with Crippen molar-refractivity contribution >= 4 is 11.6 Å². The van der Waals surface area contributed by atoms with Crippen LogP contribution < -0.4 is 10.6 Å². The van der Waals surface area contributed by atoms with E-state index in [2.05, 4.69) is 29.6 Å². The summed E-state index contributed by atoms with van der Waals surface area (Å²) >= 11 is 0. The maximum atomic E-state index is 13.0. The Morgan fingerprint density at radius 3 is 2.60 bits per heavy atom. The van der Waals surface area contributed by atoms with E-state index in [0.717, 1.165) is 62.9 Å². The van der Waals surface area contributed by atoms with E-state index in [9.17, 15) is 4.39 Å². The molecule has 0 atom stereocenters. The third-order valence-corrected chi connectivity index (χ3v) is 4.86. The van der Waals surface area contributed by atoms with Gasteiger partial charge in [-0.2, -0.15) is 0 Å². The number of hydrogen-bond donors (Lipinski definition) is 1. The summed E-state index contributed by atoms with van der Waals surface area (Å²) in [4.78, 5) is 8.82. The number of anilines is 1. The van der Waals surface area contributed by atoms with Crippen LogP contribution in [0.4, 0.5) is 10.1 Å². The number of rotatable bonds is 3. The molecule has 1 saturated heterocycles. The number of hydrogen-bond acceptors (Lipinski definition) is 4. The van der Waals surface area contributed by atoms with Crippen LogP contribution in [0.5, 0.6) is 0 Å². The maximum absolute atomic E-state index is 13.0. The van der Waals surface area contributed by atoms with E-state index in [1.807, 2.05) is 12.1 Å². The molecule has 2 N–H and O–H groups in total. The SMILES string of the molecule is NC(=NCc1nnc2n1CCC2)N1CCN(c2ccc(F)cc2)CC1. The lowest BCUT2D eigenvalue weighted by molar-refractivity contribution is 0.380. The Balaban J connectivity index is 1.34. The van der Waals surface area contributed by atoms with Crippen LogP contribution in [0.1, 0.15) is 18.1 Å². The van der Waals surface area contributed by atoms with E-state index >= 15 is 0 Å². The first-order chi connectivity index (χ1) is 12.2. The number of halogens is 1. The van der Waals surface area contributed by atoms with Gasteiger partial charge in [0.2, 0.25) is 0 Å². The standard InChI is InChI=1S/C17H22FN7/c18-13-3-5-14(6-4-13)23-8-10-24(11-9-23)17(19)20-12-16-22-21-15-2-1-7-25(15)16/h3-6H,1-2,7-12H2,(H2,19,20). The minimum Gasteiger partial charge on any atom is -0.370 e. The van der Waals surface area contributed by atoms with Gasteiger partial charge in [0.15, 0.2) is 11.8 Å². The highest BCUT2D eigenvalue weighted by atomic mass is 19.1. The second-order valence-electron chi connectivity index (χ2n) is 6.41. The molecule has 2 aliphatic rings. The molecule has 2 aliphatic heterocycles. The molecule has 8 heteroatoms. The number of fused-ring (bicyclic) bond motifs is 1. The fourth-order valence-corrected chi connectivity index (χ4v) is 3.43. The molecule has 4 rings (SSSR count). The monoisotopic (exact) mass is 343 g/mol. The minimum atomic E-state index is -0.210. The molecule has 25 heavy (non-hydrogen) atoms. The first-order valence-corrected chi connectivity index (χ1v) is 8.67. The molecular formula is C17H22FN7. The van der Waals surface area contributed by atoms with Gasteiger partial charge in [0.25, 0.3) is 0 Å². The minimum absolute atomic E-state index is 0.210. The van der Waals surface area contributed by atoms with Crippen molar-refractivity contribution in [2.75, 3.05) is 31.1 Å². The molecule has 0 amide bonds. The lowest BCUT2D eigenvalue weighted by Crippen LogP contribution is -2.51. The normalized spacial score (nSPS) is 17.9. The summed E-state index contributed by atoms with van der Waals surface area (Å²) in [7, 11) is 0. The van der Waals surface area contributed by atoms with E-state index in [0.29, 0.717) is 12.5 Å². The maximum Gasteiger partial charge on any atom is 0.191 e. The van der Waals surface area contributed by atoms with Gasteiger partial charge in [-0.15, -0.1) is 10.2 Å². The molecule has 3 heterocycles. The highest BCUT2D eigenvalue weighted by molar-refractivity contribution is 5.78. The van der Waals surface area contributed by atoms with Crippen molar-refractivity contribution in [2.45, 2.75) is 25.9 Å². The number of nitrogens with zero attached hydrogens (tertiary/aromatic N) is 6. The molecule has 0 spiro atoms. The first kappa shape index (κ1) is 15.9. The highest BCUT2D eigenvalue weighted by Crippen LogP contribution is 2.17. The number of aliphatic imine (C=N–C) groups is 1. The summed E-state index contributed by atoms with van der Waals surface area (Å²) in [5, 5.41) is 8.40. The van der Waals surface area contributed by atoms with Crippen LogP contribution in [-0.4, -0.2) is 51.8 Å². The van der Waals surface area contributed by atoms with Crippen LogP contribution in [0.3, 0.4) is 0 Å². The largest absolute Gasteiger partial charge is 0.370 e. The van der Waals surface area contributed by atoms with E-state index < -0.39 is 0 Å². The Morgan fingerprint density at radius 1 is 1.08 bits per heavy atom. The van der Waals surface area contributed by atoms with Gasteiger partial charge in [-0.25, -0.2) is 9.38 Å². The molecule has 0 unspecified atom stereocenters. The van der Waals surface area contributed by atoms with Crippen molar-refractivity contribution in [2.24, 2.45) is 10.7 Å². The molecule has 0 bridgehead atoms. The number of aryl methyl sites for hydroxylation is 1. The zero-order chi connectivity index (χ0) is 17.2. The second kappa shape index (κ2) is 6.70. The number of benzene rings is 1. The summed E-state index contributed by atoms with van der Waals surface area (Å²) in [6, 6.07) is 6.62. The van der Waals surface area contributed by atoms with E-state index in [1.165, 1.54) is 12.1 Å². The van der Waals surface area contributed by atoms with Crippen LogP contribution in [-0.2, 0) is 19.5 Å². The molecule has 0 radical (unpaired) electrons. The third-order valence-electron chi connectivity index (χ3n) is 4.86. The van der Waals surface area contributed by atoms with Crippen LogP contribution in [0, 0.1) is 5.82 Å². The van der Waals surface area contributed by atoms with Crippen molar-refractivity contribution < 1.29 is 4.39 Å². The topological polar surface area (TPSA) is 75.6 Å².